The minimum absolute atomic E-state index is 0.224. The van der Waals surface area contributed by atoms with Crippen LogP contribution < -0.4 is 14.8 Å². The van der Waals surface area contributed by atoms with E-state index in [2.05, 4.69) is 19.2 Å². The maximum absolute atomic E-state index is 13.6. The van der Waals surface area contributed by atoms with Gasteiger partial charge < -0.3 is 19.7 Å². The first-order chi connectivity index (χ1) is 15.5. The summed E-state index contributed by atoms with van der Waals surface area (Å²) in [5.74, 6) is 0.877. The van der Waals surface area contributed by atoms with Crippen LogP contribution in [-0.4, -0.2) is 31.7 Å². The number of aryl methyl sites for hydroxylation is 1. The molecule has 4 rings (SSSR count). The van der Waals surface area contributed by atoms with E-state index in [4.69, 9.17) is 9.47 Å². The number of carbonyl (C=O) groups is 1. The SMILES string of the molecule is CCc1c(C)sc2c1CCN(C(=O)Nc1ccc(OC)cc1OC)[C@@H]2c1ccc(F)cc1. The normalized spacial score (nSPS) is 15.3. The van der Waals surface area contributed by atoms with Crippen molar-refractivity contribution in [2.24, 2.45) is 0 Å². The van der Waals surface area contributed by atoms with Crippen LogP contribution in [0.4, 0.5) is 14.9 Å². The summed E-state index contributed by atoms with van der Waals surface area (Å²) in [6.45, 7) is 4.87. The molecule has 0 saturated heterocycles. The fraction of sp³-hybridized carbons (Fsp3) is 0.320. The molecular formula is C25H27FN2O3S. The van der Waals surface area contributed by atoms with Gasteiger partial charge in [-0.3, -0.25) is 0 Å². The summed E-state index contributed by atoms with van der Waals surface area (Å²) in [7, 11) is 3.14. The Labute approximate surface area is 191 Å². The molecule has 0 spiro atoms. The summed E-state index contributed by atoms with van der Waals surface area (Å²) in [6.07, 6.45) is 1.76. The Bertz CT molecular complexity index is 1130. The van der Waals surface area contributed by atoms with Crippen LogP contribution >= 0.6 is 11.3 Å². The van der Waals surface area contributed by atoms with E-state index in [1.165, 1.54) is 28.1 Å². The maximum Gasteiger partial charge on any atom is 0.322 e. The van der Waals surface area contributed by atoms with E-state index in [9.17, 15) is 9.18 Å². The Morgan fingerprint density at radius 1 is 1.19 bits per heavy atom. The second-order valence-electron chi connectivity index (χ2n) is 7.73. The summed E-state index contributed by atoms with van der Waals surface area (Å²) < 4.78 is 24.3. The Morgan fingerprint density at radius 2 is 1.94 bits per heavy atom. The number of hydrogen-bond acceptors (Lipinski definition) is 4. The number of nitrogens with one attached hydrogen (secondary N) is 1. The second kappa shape index (κ2) is 9.20. The van der Waals surface area contributed by atoms with Crippen LogP contribution in [-0.2, 0) is 12.8 Å². The van der Waals surface area contributed by atoms with Crippen molar-refractivity contribution in [1.29, 1.82) is 0 Å². The molecule has 3 aromatic rings. The van der Waals surface area contributed by atoms with Gasteiger partial charge in [0.15, 0.2) is 0 Å². The number of methoxy groups -OCH3 is 2. The molecule has 0 radical (unpaired) electrons. The van der Waals surface area contributed by atoms with E-state index in [0.717, 1.165) is 23.3 Å². The lowest BCUT2D eigenvalue weighted by Gasteiger charge is -2.36. The summed E-state index contributed by atoms with van der Waals surface area (Å²) >= 11 is 1.73. The molecule has 0 unspecified atom stereocenters. The van der Waals surface area contributed by atoms with Gasteiger partial charge in [0.05, 0.1) is 25.9 Å². The van der Waals surface area contributed by atoms with Crippen molar-refractivity contribution in [3.8, 4) is 11.5 Å². The second-order valence-corrected chi connectivity index (χ2v) is 8.98. The number of anilines is 1. The topological polar surface area (TPSA) is 50.8 Å². The van der Waals surface area contributed by atoms with Gasteiger partial charge in [-0.15, -0.1) is 11.3 Å². The lowest BCUT2D eigenvalue weighted by atomic mass is 9.92. The van der Waals surface area contributed by atoms with E-state index >= 15 is 0 Å². The molecule has 1 aliphatic heterocycles. The minimum Gasteiger partial charge on any atom is -0.497 e. The van der Waals surface area contributed by atoms with E-state index in [-0.39, 0.29) is 17.9 Å². The third-order valence-electron chi connectivity index (χ3n) is 5.96. The van der Waals surface area contributed by atoms with Crippen molar-refractivity contribution in [2.45, 2.75) is 32.7 Å². The number of carbonyl (C=O) groups excluding carboxylic acids is 1. The molecule has 0 saturated carbocycles. The first-order valence-electron chi connectivity index (χ1n) is 10.6. The molecule has 2 heterocycles. The summed E-state index contributed by atoms with van der Waals surface area (Å²) in [4.78, 5) is 17.7. The van der Waals surface area contributed by atoms with Gasteiger partial charge in [0.25, 0.3) is 0 Å². The number of rotatable bonds is 5. The van der Waals surface area contributed by atoms with Crippen LogP contribution in [0.3, 0.4) is 0 Å². The van der Waals surface area contributed by atoms with Crippen LogP contribution in [0.25, 0.3) is 0 Å². The summed E-state index contributed by atoms with van der Waals surface area (Å²) in [5.41, 5.74) is 4.16. The maximum atomic E-state index is 13.6. The van der Waals surface area contributed by atoms with Crippen molar-refractivity contribution in [3.05, 3.63) is 74.7 Å². The number of ether oxygens (including phenoxy) is 2. The van der Waals surface area contributed by atoms with Crippen molar-refractivity contribution in [3.63, 3.8) is 0 Å². The number of thiophene rings is 1. The van der Waals surface area contributed by atoms with Crippen molar-refractivity contribution >= 4 is 23.1 Å². The predicted molar refractivity (Wildman–Crippen MR) is 126 cm³/mol. The predicted octanol–water partition coefficient (Wildman–Crippen LogP) is 5.95. The number of benzene rings is 2. The van der Waals surface area contributed by atoms with E-state index in [1.807, 2.05) is 4.90 Å². The van der Waals surface area contributed by atoms with E-state index in [0.29, 0.717) is 23.7 Å². The number of amides is 2. The van der Waals surface area contributed by atoms with E-state index < -0.39 is 0 Å². The molecule has 0 fully saturated rings. The minimum atomic E-state index is -0.291. The van der Waals surface area contributed by atoms with Crippen LogP contribution in [0.2, 0.25) is 0 Å². The lowest BCUT2D eigenvalue weighted by molar-refractivity contribution is 0.195. The number of hydrogen-bond donors (Lipinski definition) is 1. The molecule has 2 amide bonds. The zero-order chi connectivity index (χ0) is 22.8. The van der Waals surface area contributed by atoms with Gasteiger partial charge in [0.2, 0.25) is 0 Å². The number of fused-ring (bicyclic) bond motifs is 1. The molecule has 0 bridgehead atoms. The Kier molecular flexibility index (Phi) is 6.37. The number of nitrogens with zero attached hydrogens (tertiary/aromatic N) is 1. The Hall–Kier alpha value is -3.06. The van der Waals surface area contributed by atoms with Gasteiger partial charge in [0.1, 0.15) is 17.3 Å². The molecule has 1 N–H and O–H groups in total. The average molecular weight is 455 g/mol. The fourth-order valence-electron chi connectivity index (χ4n) is 4.39. The van der Waals surface area contributed by atoms with Gasteiger partial charge in [-0.1, -0.05) is 19.1 Å². The fourth-order valence-corrected chi connectivity index (χ4v) is 5.84. The third-order valence-corrected chi connectivity index (χ3v) is 7.21. The quantitative estimate of drug-likeness (QED) is 0.518. The van der Waals surface area contributed by atoms with Gasteiger partial charge in [0, 0.05) is 22.4 Å². The molecule has 1 aliphatic rings. The zero-order valence-electron chi connectivity index (χ0n) is 18.7. The monoisotopic (exact) mass is 454 g/mol. The highest BCUT2D eigenvalue weighted by Gasteiger charge is 2.35. The Balaban J connectivity index is 1.72. The van der Waals surface area contributed by atoms with Crippen molar-refractivity contribution < 1.29 is 18.7 Å². The molecule has 0 aliphatic carbocycles. The Morgan fingerprint density at radius 3 is 2.59 bits per heavy atom. The highest BCUT2D eigenvalue weighted by molar-refractivity contribution is 7.12. The van der Waals surface area contributed by atoms with Gasteiger partial charge in [-0.2, -0.15) is 0 Å². The number of urea groups is 1. The van der Waals surface area contributed by atoms with Crippen molar-refractivity contribution in [1.82, 2.24) is 4.90 Å². The largest absolute Gasteiger partial charge is 0.497 e. The molecule has 1 atom stereocenters. The highest BCUT2D eigenvalue weighted by Crippen LogP contribution is 2.43. The first-order valence-corrected chi connectivity index (χ1v) is 11.4. The van der Waals surface area contributed by atoms with Crippen LogP contribution in [0.5, 0.6) is 11.5 Å². The molecule has 2 aromatic carbocycles. The van der Waals surface area contributed by atoms with Gasteiger partial charge in [-0.05, 0) is 60.7 Å². The molecule has 7 heteroatoms. The van der Waals surface area contributed by atoms with Crippen LogP contribution in [0.15, 0.2) is 42.5 Å². The van der Waals surface area contributed by atoms with E-state index in [1.54, 1.807) is 55.9 Å². The summed E-state index contributed by atoms with van der Waals surface area (Å²) in [5, 5.41) is 3.00. The standard InChI is InChI=1S/C25H27FN2O3S/c1-5-19-15(2)32-24-20(19)12-13-28(23(24)16-6-8-17(26)9-7-16)25(29)27-21-11-10-18(30-3)14-22(21)31-4/h6-11,14,23H,5,12-13H2,1-4H3,(H,27,29)/t23-/m1/s1. The molecule has 1 aromatic heterocycles. The highest BCUT2D eigenvalue weighted by atomic mass is 32.1. The van der Waals surface area contributed by atoms with Gasteiger partial charge in [-0.25, -0.2) is 9.18 Å². The first kappa shape index (κ1) is 22.1. The van der Waals surface area contributed by atoms with Gasteiger partial charge >= 0.3 is 6.03 Å². The molecular weight excluding hydrogens is 427 g/mol. The van der Waals surface area contributed by atoms with Crippen molar-refractivity contribution in [2.75, 3.05) is 26.1 Å². The number of halogens is 1. The smallest absolute Gasteiger partial charge is 0.322 e. The van der Waals surface area contributed by atoms with Crippen LogP contribution in [0.1, 0.15) is 39.4 Å². The lowest BCUT2D eigenvalue weighted by Crippen LogP contribution is -2.42. The molecule has 168 valence electrons. The summed E-state index contributed by atoms with van der Waals surface area (Å²) in [6, 6.07) is 11.2. The third kappa shape index (κ3) is 4.05. The average Bonchev–Trinajstić information content (AvgIpc) is 3.14. The zero-order valence-corrected chi connectivity index (χ0v) is 19.5. The van der Waals surface area contributed by atoms with Crippen LogP contribution in [0, 0.1) is 12.7 Å². The molecule has 32 heavy (non-hydrogen) atoms. The molecule has 5 nitrogen and oxygen atoms in total.